The number of hydrogen-bond acceptors (Lipinski definition) is 0. The second-order valence-electron chi connectivity index (χ2n) is 0.577. The summed E-state index contributed by atoms with van der Waals surface area (Å²) in [6, 6.07) is 0. The first-order chi connectivity index (χ1) is 2.41. The van der Waals surface area contributed by atoms with Crippen LogP contribution in [0.2, 0.25) is 0 Å². The van der Waals surface area contributed by atoms with Crippen LogP contribution >= 0.6 is 0 Å². The van der Waals surface area contributed by atoms with E-state index in [0.717, 1.165) is 0 Å². The van der Waals surface area contributed by atoms with Gasteiger partial charge in [-0.2, -0.15) is 20.8 Å². The molecule has 0 amide bonds. The average molecular weight is 295 g/mol. The summed E-state index contributed by atoms with van der Waals surface area (Å²) in [5, 5.41) is 0. The Labute approximate surface area is 105 Å². The minimum atomic E-state index is 0. The van der Waals surface area contributed by atoms with Crippen LogP contribution in [0, 0.1) is 13.3 Å². The average Bonchev–Trinajstić information content (AvgIpc) is 1.46. The molecule has 2 heteroatoms. The van der Waals surface area contributed by atoms with Crippen LogP contribution in [0.5, 0.6) is 0 Å². The Morgan fingerprint density at radius 2 is 1.14 bits per heavy atom. The second-order valence-corrected chi connectivity index (χ2v) is 0.577. The van der Waals surface area contributed by atoms with Crippen molar-refractivity contribution < 1.29 is 72.4 Å². The van der Waals surface area contributed by atoms with E-state index in [-0.39, 0.29) is 72.4 Å². The zero-order valence-electron chi connectivity index (χ0n) is 5.69. The zero-order valence-corrected chi connectivity index (χ0v) is 11.7. The molecule has 0 aliphatic carbocycles. The fraction of sp³-hybridized carbons (Fsp3) is 0.600. The van der Waals surface area contributed by atoms with Crippen molar-refractivity contribution in [3.05, 3.63) is 13.3 Å². The maximum atomic E-state index is 3.25. The molecule has 0 saturated carbocycles. The summed E-state index contributed by atoms with van der Waals surface area (Å²) < 4.78 is 0. The molecule has 40 valence electrons. The SMILES string of the molecule is C[CH-]C.[CH2-]C.[K+].[W]. The maximum Gasteiger partial charge on any atom is 1.00 e. The molecule has 0 aliphatic heterocycles. The van der Waals surface area contributed by atoms with Crippen molar-refractivity contribution in [2.75, 3.05) is 0 Å². The van der Waals surface area contributed by atoms with Crippen LogP contribution in [-0.2, 0) is 21.1 Å². The molecule has 0 aromatic rings. The molecular weight excluding hydrogens is 283 g/mol. The minimum Gasteiger partial charge on any atom is -0.346 e. The van der Waals surface area contributed by atoms with Crippen LogP contribution in [0.15, 0.2) is 0 Å². The van der Waals surface area contributed by atoms with Crippen molar-refractivity contribution in [3.8, 4) is 0 Å². The monoisotopic (exact) mass is 295 g/mol. The molecule has 0 aliphatic rings. The van der Waals surface area contributed by atoms with Gasteiger partial charge in [0.2, 0.25) is 0 Å². The second kappa shape index (κ2) is 40.4. The van der Waals surface area contributed by atoms with Gasteiger partial charge in [0.15, 0.2) is 0 Å². The van der Waals surface area contributed by atoms with Crippen LogP contribution < -0.4 is 51.4 Å². The van der Waals surface area contributed by atoms with Crippen LogP contribution in [0.25, 0.3) is 0 Å². The van der Waals surface area contributed by atoms with Crippen LogP contribution in [-0.4, -0.2) is 0 Å². The Bertz CT molecular complexity index is 8.04. The summed E-state index contributed by atoms with van der Waals surface area (Å²) in [5.74, 6) is 0. The van der Waals surface area contributed by atoms with Crippen molar-refractivity contribution >= 4 is 0 Å². The minimum absolute atomic E-state index is 0. The van der Waals surface area contributed by atoms with Crippen molar-refractivity contribution in [1.82, 2.24) is 0 Å². The standard InChI is InChI=1S/C3H7.C2H5.K.W/c1-3-2;1-2;;/h3H,1-2H3;1H2,2H3;;/q2*-1;+1;. The molecule has 0 aromatic carbocycles. The molecule has 0 nitrogen and oxygen atoms in total. The van der Waals surface area contributed by atoms with Crippen LogP contribution in [0.1, 0.15) is 20.8 Å². The maximum absolute atomic E-state index is 3.25. The molecule has 0 rings (SSSR count). The predicted molar refractivity (Wildman–Crippen MR) is 26.7 cm³/mol. The van der Waals surface area contributed by atoms with Gasteiger partial charge in [-0.15, -0.1) is 0 Å². The molecule has 0 heterocycles. The first-order valence-electron chi connectivity index (χ1n) is 1.86. The molecule has 0 atom stereocenters. The van der Waals surface area contributed by atoms with E-state index in [9.17, 15) is 0 Å². The molecule has 0 bridgehead atoms. The Morgan fingerprint density at radius 3 is 1.14 bits per heavy atom. The van der Waals surface area contributed by atoms with E-state index < -0.39 is 0 Å². The van der Waals surface area contributed by atoms with Crippen LogP contribution in [0.3, 0.4) is 0 Å². The summed E-state index contributed by atoms with van der Waals surface area (Å²) >= 11 is 0. The third-order valence-corrected chi connectivity index (χ3v) is 0. The summed E-state index contributed by atoms with van der Waals surface area (Å²) in [4.78, 5) is 0. The first-order valence-corrected chi connectivity index (χ1v) is 1.86. The van der Waals surface area contributed by atoms with Crippen molar-refractivity contribution in [1.29, 1.82) is 0 Å². The molecule has 7 heavy (non-hydrogen) atoms. The zero-order chi connectivity index (χ0) is 4.71. The Hall–Kier alpha value is 2.32. The van der Waals surface area contributed by atoms with Gasteiger partial charge in [0, 0.05) is 21.1 Å². The summed E-state index contributed by atoms with van der Waals surface area (Å²) in [6.07, 6.45) is 2.00. The predicted octanol–water partition coefficient (Wildman–Crippen LogP) is -0.928. The van der Waals surface area contributed by atoms with Gasteiger partial charge in [-0.3, -0.25) is 0 Å². The Morgan fingerprint density at radius 1 is 1.14 bits per heavy atom. The number of rotatable bonds is 0. The fourth-order valence-corrected chi connectivity index (χ4v) is 0. The van der Waals surface area contributed by atoms with E-state index in [2.05, 4.69) is 6.92 Å². The quantitative estimate of drug-likeness (QED) is 0.400. The van der Waals surface area contributed by atoms with Crippen molar-refractivity contribution in [2.45, 2.75) is 20.8 Å². The molecule has 0 radical (unpaired) electrons. The molecule has 0 fully saturated rings. The van der Waals surface area contributed by atoms with Gasteiger partial charge in [0.05, 0.1) is 0 Å². The molecule has 0 aromatic heterocycles. The van der Waals surface area contributed by atoms with Gasteiger partial charge in [-0.05, 0) is 0 Å². The Balaban J connectivity index is -0.0000000105. The molecule has 0 saturated heterocycles. The Kier molecular flexibility index (Phi) is 132. The smallest absolute Gasteiger partial charge is 0.346 e. The topological polar surface area (TPSA) is 0 Å². The van der Waals surface area contributed by atoms with E-state index in [4.69, 9.17) is 0 Å². The fourth-order valence-electron chi connectivity index (χ4n) is 0. The molecule has 0 N–H and O–H groups in total. The summed E-state index contributed by atoms with van der Waals surface area (Å²) in [7, 11) is 0. The summed E-state index contributed by atoms with van der Waals surface area (Å²) in [6.45, 7) is 9.00. The van der Waals surface area contributed by atoms with Gasteiger partial charge in [-0.25, -0.2) is 0 Å². The molecular formula is C5H12KW-. The van der Waals surface area contributed by atoms with E-state index >= 15 is 0 Å². The van der Waals surface area contributed by atoms with Gasteiger partial charge in [0.25, 0.3) is 0 Å². The van der Waals surface area contributed by atoms with Crippen molar-refractivity contribution in [2.24, 2.45) is 0 Å². The van der Waals surface area contributed by atoms with Gasteiger partial charge in [0.1, 0.15) is 0 Å². The normalized spacial score (nSPS) is 3.43. The van der Waals surface area contributed by atoms with E-state index in [0.29, 0.717) is 0 Å². The van der Waals surface area contributed by atoms with Gasteiger partial charge >= 0.3 is 51.4 Å². The van der Waals surface area contributed by atoms with Crippen molar-refractivity contribution in [3.63, 3.8) is 0 Å². The first kappa shape index (κ1) is 22.8. The van der Waals surface area contributed by atoms with E-state index in [1.807, 2.05) is 20.3 Å². The molecule has 0 unspecified atom stereocenters. The van der Waals surface area contributed by atoms with Crippen LogP contribution in [0.4, 0.5) is 0 Å². The van der Waals surface area contributed by atoms with Gasteiger partial charge in [-0.1, -0.05) is 0 Å². The molecule has 0 spiro atoms. The number of hydrogen-bond donors (Lipinski definition) is 0. The van der Waals surface area contributed by atoms with E-state index in [1.165, 1.54) is 0 Å². The third-order valence-electron chi connectivity index (χ3n) is 0. The van der Waals surface area contributed by atoms with Gasteiger partial charge < -0.3 is 13.3 Å². The largest absolute Gasteiger partial charge is 1.00 e. The third kappa shape index (κ3) is 61.6. The summed E-state index contributed by atoms with van der Waals surface area (Å²) in [5.41, 5.74) is 0. The van der Waals surface area contributed by atoms with E-state index in [1.54, 1.807) is 6.92 Å².